The fourth-order valence-electron chi connectivity index (χ4n) is 2.09. The summed E-state index contributed by atoms with van der Waals surface area (Å²) in [5.74, 6) is 0. The topological polar surface area (TPSA) is 13.0 Å². The van der Waals surface area contributed by atoms with Gasteiger partial charge in [0.25, 0.3) is 0 Å². The fraction of sp³-hybridized carbons (Fsp3) is 1.00. The van der Waals surface area contributed by atoms with Gasteiger partial charge in [0, 0.05) is 0 Å². The summed E-state index contributed by atoms with van der Waals surface area (Å²) in [5.41, 5.74) is 0. The molecule has 2 fully saturated rings. The number of rotatable bonds is 1. The highest BCUT2D eigenvalue weighted by molar-refractivity contribution is 4.72. The smallest absolute Gasteiger partial charge is 0.0555 e. The van der Waals surface area contributed by atoms with Gasteiger partial charge in [-0.05, 0) is 13.6 Å². The summed E-state index contributed by atoms with van der Waals surface area (Å²) >= 11 is 0. The Labute approximate surface area is 74.3 Å². The Bertz CT molecular complexity index is 143. The Morgan fingerprint density at radius 3 is 2.00 bits per heavy atom. The van der Waals surface area contributed by atoms with E-state index in [4.69, 9.17) is 0 Å². The van der Waals surface area contributed by atoms with E-state index in [1.54, 1.807) is 0 Å². The van der Waals surface area contributed by atoms with E-state index >= 15 is 0 Å². The van der Waals surface area contributed by atoms with Gasteiger partial charge in [0.1, 0.15) is 0 Å². The van der Waals surface area contributed by atoms with Crippen molar-refractivity contribution in [2.24, 2.45) is 0 Å². The van der Waals surface area contributed by atoms with Crippen molar-refractivity contribution < 1.29 is 0 Å². The van der Waals surface area contributed by atoms with Gasteiger partial charge in [0.2, 0.25) is 0 Å². The first-order valence-corrected chi connectivity index (χ1v) is 4.63. The van der Waals surface area contributed by atoms with E-state index in [9.17, 15) is 0 Å². The molecule has 2 unspecified atom stereocenters. The second-order valence-corrected chi connectivity index (χ2v) is 3.89. The predicted molar refractivity (Wildman–Crippen MR) is 48.2 cm³/mol. The molecular formula is C8H18N4. The molecule has 2 saturated heterocycles. The molecule has 70 valence electrons. The average molecular weight is 170 g/mol. The normalized spacial score (nSPS) is 38.5. The predicted octanol–water partition coefficient (Wildman–Crippen LogP) is -0.341. The van der Waals surface area contributed by atoms with Crippen LogP contribution in [0.4, 0.5) is 0 Å². The van der Waals surface area contributed by atoms with E-state index in [0.29, 0.717) is 0 Å². The molecule has 2 atom stereocenters. The Kier molecular flexibility index (Phi) is 2.32. The van der Waals surface area contributed by atoms with E-state index in [1.165, 1.54) is 0 Å². The first kappa shape index (κ1) is 8.44. The Balaban J connectivity index is 1.96. The maximum Gasteiger partial charge on any atom is 0.0555 e. The van der Waals surface area contributed by atoms with E-state index in [1.807, 2.05) is 0 Å². The third-order valence-corrected chi connectivity index (χ3v) is 2.53. The molecule has 2 aliphatic rings. The molecule has 2 aliphatic heterocycles. The van der Waals surface area contributed by atoms with Crippen LogP contribution in [0.5, 0.6) is 0 Å². The molecule has 0 spiro atoms. The summed E-state index contributed by atoms with van der Waals surface area (Å²) in [6.07, 6.45) is 0. The first-order chi connectivity index (χ1) is 5.78. The summed E-state index contributed by atoms with van der Waals surface area (Å²) < 4.78 is 0. The largest absolute Gasteiger partial charge is 0.280 e. The highest BCUT2D eigenvalue weighted by atomic mass is 15.6. The maximum atomic E-state index is 2.47. The number of hydrogen-bond acceptors (Lipinski definition) is 4. The molecule has 0 aliphatic carbocycles. The minimum absolute atomic E-state index is 1.12. The zero-order valence-corrected chi connectivity index (χ0v) is 8.03. The van der Waals surface area contributed by atoms with Gasteiger partial charge in [0.05, 0.1) is 33.3 Å². The minimum atomic E-state index is 1.12. The van der Waals surface area contributed by atoms with Crippen molar-refractivity contribution >= 4 is 0 Å². The van der Waals surface area contributed by atoms with Gasteiger partial charge in [-0.1, -0.05) is 6.92 Å². The van der Waals surface area contributed by atoms with E-state index < -0.39 is 0 Å². The highest BCUT2D eigenvalue weighted by Crippen LogP contribution is 2.12. The monoisotopic (exact) mass is 170 g/mol. The van der Waals surface area contributed by atoms with Crippen LogP contribution in [0.2, 0.25) is 0 Å². The third kappa shape index (κ3) is 1.61. The van der Waals surface area contributed by atoms with Crippen LogP contribution < -0.4 is 0 Å². The van der Waals surface area contributed by atoms with E-state index in [-0.39, 0.29) is 0 Å². The number of fused-ring (bicyclic) bond motifs is 2. The quantitative estimate of drug-likeness (QED) is 0.533. The van der Waals surface area contributed by atoms with Gasteiger partial charge >= 0.3 is 0 Å². The average Bonchev–Trinajstić information content (AvgIpc) is 2.02. The zero-order valence-electron chi connectivity index (χ0n) is 8.03. The molecule has 0 saturated carbocycles. The molecule has 2 heterocycles. The van der Waals surface area contributed by atoms with Gasteiger partial charge in [0.15, 0.2) is 0 Å². The van der Waals surface area contributed by atoms with E-state index in [2.05, 4.69) is 33.6 Å². The summed E-state index contributed by atoms with van der Waals surface area (Å²) in [7, 11) is 2.18. The molecule has 4 nitrogen and oxygen atoms in total. The molecular weight excluding hydrogens is 152 g/mol. The lowest BCUT2D eigenvalue weighted by Crippen LogP contribution is -2.63. The number of hydrogen-bond donors (Lipinski definition) is 0. The Morgan fingerprint density at radius 2 is 1.50 bits per heavy atom. The molecule has 2 rings (SSSR count). The van der Waals surface area contributed by atoms with Gasteiger partial charge in [-0.3, -0.25) is 19.6 Å². The van der Waals surface area contributed by atoms with Crippen molar-refractivity contribution in [2.75, 3.05) is 46.9 Å². The van der Waals surface area contributed by atoms with Gasteiger partial charge in [-0.25, -0.2) is 0 Å². The Hall–Kier alpha value is -0.160. The SMILES string of the molecule is CCN1CN2CN(C)CN(C1)C2. The van der Waals surface area contributed by atoms with Crippen LogP contribution in [0.3, 0.4) is 0 Å². The summed E-state index contributed by atoms with van der Waals surface area (Å²) in [4.78, 5) is 9.76. The second-order valence-electron chi connectivity index (χ2n) is 3.89. The molecule has 0 radical (unpaired) electrons. The minimum Gasteiger partial charge on any atom is -0.280 e. The summed E-state index contributed by atoms with van der Waals surface area (Å²) in [5, 5.41) is 0. The molecule has 0 aromatic carbocycles. The van der Waals surface area contributed by atoms with Gasteiger partial charge < -0.3 is 0 Å². The van der Waals surface area contributed by atoms with Gasteiger partial charge in [-0.2, -0.15) is 0 Å². The summed E-state index contributed by atoms with van der Waals surface area (Å²) in [6, 6.07) is 0. The van der Waals surface area contributed by atoms with Crippen molar-refractivity contribution in [1.82, 2.24) is 19.6 Å². The zero-order chi connectivity index (χ0) is 8.55. The molecule has 0 aromatic rings. The maximum absolute atomic E-state index is 2.47. The van der Waals surface area contributed by atoms with Crippen LogP contribution in [0, 0.1) is 0 Å². The molecule has 0 amide bonds. The van der Waals surface area contributed by atoms with Crippen LogP contribution in [0.1, 0.15) is 6.92 Å². The van der Waals surface area contributed by atoms with Crippen LogP contribution in [0.25, 0.3) is 0 Å². The number of nitrogens with zero attached hydrogens (tertiary/aromatic N) is 4. The van der Waals surface area contributed by atoms with Crippen molar-refractivity contribution in [2.45, 2.75) is 6.92 Å². The molecule has 12 heavy (non-hydrogen) atoms. The van der Waals surface area contributed by atoms with Gasteiger partial charge in [-0.15, -0.1) is 0 Å². The lowest BCUT2D eigenvalue weighted by molar-refractivity contribution is -0.111. The van der Waals surface area contributed by atoms with Crippen LogP contribution in [-0.2, 0) is 0 Å². The Morgan fingerprint density at radius 1 is 0.917 bits per heavy atom. The highest BCUT2D eigenvalue weighted by Gasteiger charge is 2.27. The lowest BCUT2D eigenvalue weighted by atomic mass is 10.4. The summed E-state index contributed by atoms with van der Waals surface area (Å²) in [6.45, 7) is 9.05. The van der Waals surface area contributed by atoms with Crippen LogP contribution in [0.15, 0.2) is 0 Å². The van der Waals surface area contributed by atoms with Crippen molar-refractivity contribution in [3.05, 3.63) is 0 Å². The van der Waals surface area contributed by atoms with Crippen molar-refractivity contribution in [1.29, 1.82) is 0 Å². The van der Waals surface area contributed by atoms with E-state index in [0.717, 1.165) is 39.9 Å². The fourth-order valence-corrected chi connectivity index (χ4v) is 2.09. The molecule has 4 heteroatoms. The second kappa shape index (κ2) is 3.30. The molecule has 0 aromatic heterocycles. The van der Waals surface area contributed by atoms with Crippen molar-refractivity contribution in [3.8, 4) is 0 Å². The van der Waals surface area contributed by atoms with Crippen LogP contribution >= 0.6 is 0 Å². The lowest BCUT2D eigenvalue weighted by Gasteiger charge is -2.48. The molecule has 2 bridgehead atoms. The molecule has 0 N–H and O–H groups in total. The third-order valence-electron chi connectivity index (χ3n) is 2.53. The standard InChI is InChI=1S/C8H18N4/c1-3-10-6-11-4-9(2)5-12(7-10)8-11/h3-8H2,1-2H3. The first-order valence-electron chi connectivity index (χ1n) is 4.63. The van der Waals surface area contributed by atoms with Crippen molar-refractivity contribution in [3.63, 3.8) is 0 Å². The van der Waals surface area contributed by atoms with Crippen LogP contribution in [-0.4, -0.2) is 66.5 Å².